The summed E-state index contributed by atoms with van der Waals surface area (Å²) in [5.41, 5.74) is 3.67. The quantitative estimate of drug-likeness (QED) is 0.511. The van der Waals surface area contributed by atoms with E-state index in [4.69, 9.17) is 9.47 Å². The third-order valence-corrected chi connectivity index (χ3v) is 1.01. The van der Waals surface area contributed by atoms with Gasteiger partial charge in [-0.3, -0.25) is 0 Å². The van der Waals surface area contributed by atoms with Crippen molar-refractivity contribution in [2.75, 3.05) is 27.4 Å². The Bertz CT molecular complexity index is 45.7. The number of methoxy groups -OCH3 is 2. The predicted octanol–water partition coefficient (Wildman–Crippen LogP) is -1.11. The highest BCUT2D eigenvalue weighted by Gasteiger charge is 2.03. The molecule has 0 saturated heterocycles. The predicted molar refractivity (Wildman–Crippen MR) is 30.4 cm³/mol. The van der Waals surface area contributed by atoms with Crippen LogP contribution in [0.4, 0.5) is 0 Å². The van der Waals surface area contributed by atoms with Crippen LogP contribution in [0.5, 0.6) is 0 Å². The molecule has 0 aromatic carbocycles. The highest BCUT2D eigenvalue weighted by Crippen LogP contribution is 1.83. The van der Waals surface area contributed by atoms with E-state index in [9.17, 15) is 0 Å². The van der Waals surface area contributed by atoms with Gasteiger partial charge < -0.3 is 15.2 Å². The number of hydrogen-bond donors (Lipinski definition) is 1. The van der Waals surface area contributed by atoms with E-state index in [2.05, 4.69) is 5.73 Å². The van der Waals surface area contributed by atoms with Gasteiger partial charge in [0.25, 0.3) is 0 Å². The minimum atomic E-state index is 0.167. The monoisotopic (exact) mass is 120 g/mol. The van der Waals surface area contributed by atoms with Crippen molar-refractivity contribution in [3.8, 4) is 0 Å². The summed E-state index contributed by atoms with van der Waals surface area (Å²) in [6, 6.07) is 0. The van der Waals surface area contributed by atoms with Crippen molar-refractivity contribution in [2.24, 2.45) is 0 Å². The lowest BCUT2D eigenvalue weighted by molar-refractivity contribution is -0.386. The number of quaternary nitrogens is 1. The summed E-state index contributed by atoms with van der Waals surface area (Å²) in [4.78, 5) is 0. The molecule has 3 nitrogen and oxygen atoms in total. The van der Waals surface area contributed by atoms with Gasteiger partial charge in [0.15, 0.2) is 0 Å². The van der Waals surface area contributed by atoms with Gasteiger partial charge >= 0.3 is 0 Å². The first-order valence-electron chi connectivity index (χ1n) is 2.66. The lowest BCUT2D eigenvalue weighted by atomic mass is 10.4. The molecule has 8 heavy (non-hydrogen) atoms. The van der Waals surface area contributed by atoms with Crippen LogP contribution in [-0.2, 0) is 9.47 Å². The first kappa shape index (κ1) is 7.88. The topological polar surface area (TPSA) is 46.1 Å². The Morgan fingerprint density at radius 2 is 2.12 bits per heavy atom. The van der Waals surface area contributed by atoms with Crippen molar-refractivity contribution < 1.29 is 15.2 Å². The Kier molecular flexibility index (Phi) is 4.95. The normalized spacial score (nSPS) is 13.9. The third-order valence-electron chi connectivity index (χ3n) is 1.01. The van der Waals surface area contributed by atoms with Crippen LogP contribution in [0.2, 0.25) is 0 Å². The Labute approximate surface area is 49.8 Å². The number of ether oxygens (including phenoxy) is 2. The molecule has 0 fully saturated rings. The molecule has 0 aliphatic rings. The summed E-state index contributed by atoms with van der Waals surface area (Å²) in [6.45, 7) is 1.41. The maximum absolute atomic E-state index is 4.95. The number of rotatable bonds is 4. The van der Waals surface area contributed by atoms with E-state index in [-0.39, 0.29) is 6.10 Å². The molecule has 0 amide bonds. The van der Waals surface area contributed by atoms with Crippen molar-refractivity contribution in [2.45, 2.75) is 6.10 Å². The highest BCUT2D eigenvalue weighted by atomic mass is 16.5. The van der Waals surface area contributed by atoms with Crippen molar-refractivity contribution in [1.82, 2.24) is 0 Å². The molecule has 0 radical (unpaired) electrons. The molecular formula is C5H14NO2+. The molecule has 0 aromatic rings. The molecule has 0 spiro atoms. The van der Waals surface area contributed by atoms with Crippen LogP contribution >= 0.6 is 0 Å². The third kappa shape index (κ3) is 2.96. The van der Waals surface area contributed by atoms with Gasteiger partial charge in [-0.1, -0.05) is 0 Å². The molecule has 0 aliphatic heterocycles. The zero-order valence-corrected chi connectivity index (χ0v) is 5.52. The summed E-state index contributed by atoms with van der Waals surface area (Å²) >= 11 is 0. The van der Waals surface area contributed by atoms with E-state index in [0.717, 1.165) is 6.54 Å². The molecule has 50 valence electrons. The largest absolute Gasteiger partial charge is 0.382 e. The van der Waals surface area contributed by atoms with Crippen molar-refractivity contribution >= 4 is 0 Å². The summed E-state index contributed by atoms with van der Waals surface area (Å²) in [6.07, 6.45) is 0.167. The Balaban J connectivity index is 3.07. The fourth-order valence-corrected chi connectivity index (χ4v) is 0.455. The SMILES string of the molecule is COCC(C[NH3+])OC. The van der Waals surface area contributed by atoms with Crippen LogP contribution in [0.1, 0.15) is 0 Å². The molecule has 1 unspecified atom stereocenters. The van der Waals surface area contributed by atoms with E-state index in [1.54, 1.807) is 14.2 Å². The fourth-order valence-electron chi connectivity index (χ4n) is 0.455. The van der Waals surface area contributed by atoms with Gasteiger partial charge in [-0.2, -0.15) is 0 Å². The van der Waals surface area contributed by atoms with Gasteiger partial charge in [-0.25, -0.2) is 0 Å². The Morgan fingerprint density at radius 3 is 2.25 bits per heavy atom. The lowest BCUT2D eigenvalue weighted by Gasteiger charge is -2.07. The first-order chi connectivity index (χ1) is 3.85. The summed E-state index contributed by atoms with van der Waals surface area (Å²) in [7, 11) is 3.32. The van der Waals surface area contributed by atoms with Gasteiger partial charge in [-0.15, -0.1) is 0 Å². The molecule has 0 rings (SSSR count). The lowest BCUT2D eigenvalue weighted by Crippen LogP contribution is -2.57. The van der Waals surface area contributed by atoms with Gasteiger partial charge in [0, 0.05) is 14.2 Å². The molecule has 3 heteroatoms. The van der Waals surface area contributed by atoms with E-state index in [0.29, 0.717) is 6.61 Å². The van der Waals surface area contributed by atoms with Crippen molar-refractivity contribution in [3.05, 3.63) is 0 Å². The Morgan fingerprint density at radius 1 is 1.50 bits per heavy atom. The van der Waals surface area contributed by atoms with Gasteiger partial charge in [0.1, 0.15) is 12.6 Å². The minimum absolute atomic E-state index is 0.167. The highest BCUT2D eigenvalue weighted by molar-refractivity contribution is 4.48. The second kappa shape index (κ2) is 5.03. The smallest absolute Gasteiger partial charge is 0.129 e. The van der Waals surface area contributed by atoms with Gasteiger partial charge in [0.2, 0.25) is 0 Å². The minimum Gasteiger partial charge on any atom is -0.382 e. The van der Waals surface area contributed by atoms with Crippen LogP contribution in [0.15, 0.2) is 0 Å². The molecule has 0 bridgehead atoms. The average Bonchev–Trinajstić information content (AvgIpc) is 1.83. The van der Waals surface area contributed by atoms with Crippen molar-refractivity contribution in [1.29, 1.82) is 0 Å². The zero-order valence-electron chi connectivity index (χ0n) is 5.52. The Hall–Kier alpha value is -0.120. The fraction of sp³-hybridized carbons (Fsp3) is 1.00. The molecule has 0 saturated carbocycles. The molecule has 0 aromatic heterocycles. The molecule has 3 N–H and O–H groups in total. The summed E-state index contributed by atoms with van der Waals surface area (Å²) in [5.74, 6) is 0. The maximum Gasteiger partial charge on any atom is 0.129 e. The van der Waals surface area contributed by atoms with Crippen LogP contribution in [0.3, 0.4) is 0 Å². The van der Waals surface area contributed by atoms with E-state index < -0.39 is 0 Å². The summed E-state index contributed by atoms with van der Waals surface area (Å²) in [5, 5.41) is 0. The second-order valence-corrected chi connectivity index (χ2v) is 1.60. The molecule has 0 heterocycles. The number of hydrogen-bond acceptors (Lipinski definition) is 2. The standard InChI is InChI=1S/C5H13NO2/c1-7-4-5(3-6)8-2/h5H,3-4,6H2,1-2H3/p+1. The summed E-state index contributed by atoms with van der Waals surface area (Å²) < 4.78 is 9.77. The van der Waals surface area contributed by atoms with E-state index >= 15 is 0 Å². The zero-order chi connectivity index (χ0) is 6.41. The van der Waals surface area contributed by atoms with E-state index in [1.807, 2.05) is 0 Å². The van der Waals surface area contributed by atoms with Crippen LogP contribution < -0.4 is 5.73 Å². The van der Waals surface area contributed by atoms with Gasteiger partial charge in [-0.05, 0) is 0 Å². The van der Waals surface area contributed by atoms with Crippen LogP contribution in [0, 0.1) is 0 Å². The average molecular weight is 120 g/mol. The maximum atomic E-state index is 4.95. The van der Waals surface area contributed by atoms with E-state index in [1.165, 1.54) is 0 Å². The second-order valence-electron chi connectivity index (χ2n) is 1.60. The molecular weight excluding hydrogens is 106 g/mol. The van der Waals surface area contributed by atoms with Crippen LogP contribution in [-0.4, -0.2) is 33.5 Å². The molecule has 0 aliphatic carbocycles. The van der Waals surface area contributed by atoms with Crippen molar-refractivity contribution in [3.63, 3.8) is 0 Å². The first-order valence-corrected chi connectivity index (χ1v) is 2.66. The van der Waals surface area contributed by atoms with Crippen LogP contribution in [0.25, 0.3) is 0 Å². The molecule has 1 atom stereocenters. The van der Waals surface area contributed by atoms with Gasteiger partial charge in [0.05, 0.1) is 6.61 Å².